The molecule has 9 nitrogen and oxygen atoms in total. The first-order chi connectivity index (χ1) is 15.7. The highest BCUT2D eigenvalue weighted by molar-refractivity contribution is 8.07. The zero-order chi connectivity index (χ0) is 24.0. The lowest BCUT2D eigenvalue weighted by Gasteiger charge is -2.38. The summed E-state index contributed by atoms with van der Waals surface area (Å²) in [4.78, 5) is 28.1. The molecule has 0 aliphatic carbocycles. The van der Waals surface area contributed by atoms with Crippen LogP contribution in [0.3, 0.4) is 0 Å². The number of aryl methyl sites for hydroxylation is 1. The van der Waals surface area contributed by atoms with Crippen LogP contribution in [0, 0.1) is 0 Å². The molecule has 0 spiro atoms. The lowest BCUT2D eigenvalue weighted by Crippen LogP contribution is -2.49. The molecule has 0 unspecified atom stereocenters. The number of carbonyl (C=O) groups is 2. The van der Waals surface area contributed by atoms with Gasteiger partial charge in [0.05, 0.1) is 11.4 Å². The number of hydrogen-bond acceptors (Lipinski definition) is 6. The van der Waals surface area contributed by atoms with Gasteiger partial charge in [-0.1, -0.05) is 35.9 Å². The summed E-state index contributed by atoms with van der Waals surface area (Å²) in [6.07, 6.45) is 1.04. The molecule has 33 heavy (non-hydrogen) atoms. The van der Waals surface area contributed by atoms with Gasteiger partial charge in [-0.25, -0.2) is 0 Å². The Balaban J connectivity index is 1.67. The number of nitrogens with zero attached hydrogens (tertiary/aromatic N) is 3. The smallest absolute Gasteiger partial charge is 0.354 e. The maximum atomic E-state index is 12.7. The monoisotopic (exact) mass is 493 g/mol. The molecule has 1 aliphatic rings. The fourth-order valence-corrected chi connectivity index (χ4v) is 4.90. The summed E-state index contributed by atoms with van der Waals surface area (Å²) in [6, 6.07) is 14.3. The molecule has 1 fully saturated rings. The molecule has 0 aromatic heterocycles. The molecule has 178 valence electrons. The lowest BCUT2D eigenvalue weighted by atomic mass is 10.1. The van der Waals surface area contributed by atoms with E-state index in [0.717, 1.165) is 9.87 Å². The molecule has 2 aromatic rings. The number of sulfonamides is 1. The van der Waals surface area contributed by atoms with Crippen LogP contribution in [0.25, 0.3) is 0 Å². The summed E-state index contributed by atoms with van der Waals surface area (Å²) in [5.41, 5.74) is 12.8. The van der Waals surface area contributed by atoms with E-state index in [1.807, 2.05) is 34.1 Å². The van der Waals surface area contributed by atoms with Gasteiger partial charge in [-0.05, 0) is 36.2 Å². The summed E-state index contributed by atoms with van der Waals surface area (Å²) < 4.78 is 26.0. The van der Waals surface area contributed by atoms with Crippen molar-refractivity contribution < 1.29 is 18.0 Å². The highest BCUT2D eigenvalue weighted by atomic mass is 35.5. The van der Waals surface area contributed by atoms with Gasteiger partial charge in [-0.2, -0.15) is 8.42 Å². The van der Waals surface area contributed by atoms with E-state index in [9.17, 15) is 18.0 Å². The second-order valence-corrected chi connectivity index (χ2v) is 9.90. The normalized spacial score (nSPS) is 14.2. The van der Waals surface area contributed by atoms with Crippen LogP contribution in [0.1, 0.15) is 12.0 Å². The number of anilines is 2. The van der Waals surface area contributed by atoms with Crippen molar-refractivity contribution in [3.8, 4) is 0 Å². The summed E-state index contributed by atoms with van der Waals surface area (Å²) >= 11 is 5.90. The van der Waals surface area contributed by atoms with Gasteiger partial charge in [-0.15, -0.1) is 0 Å². The number of nitrogens with two attached hydrogens (primary N) is 2. The zero-order valence-electron chi connectivity index (χ0n) is 18.2. The minimum atomic E-state index is -4.38. The quantitative estimate of drug-likeness (QED) is 0.576. The minimum absolute atomic E-state index is 0.0245. The van der Waals surface area contributed by atoms with Crippen LogP contribution in [0.5, 0.6) is 0 Å². The number of rotatable bonds is 8. The van der Waals surface area contributed by atoms with E-state index in [1.165, 1.54) is 0 Å². The molecule has 1 saturated heterocycles. The van der Waals surface area contributed by atoms with Gasteiger partial charge in [-0.3, -0.25) is 13.9 Å². The van der Waals surface area contributed by atoms with Crippen molar-refractivity contribution >= 4 is 44.1 Å². The average molecular weight is 494 g/mol. The molecular formula is C22H28ClN5O4S. The van der Waals surface area contributed by atoms with Crippen LogP contribution in [0.4, 0.5) is 16.2 Å². The Morgan fingerprint density at radius 3 is 2.24 bits per heavy atom. The number of primary amides is 1. The Labute approximate surface area is 198 Å². The number of carbonyl (C=O) groups excluding carboxylic acids is 2. The van der Waals surface area contributed by atoms with Gasteiger partial charge >= 0.3 is 15.3 Å². The van der Waals surface area contributed by atoms with E-state index >= 15 is 0 Å². The van der Waals surface area contributed by atoms with Crippen LogP contribution < -0.4 is 20.7 Å². The molecule has 2 aromatic carbocycles. The number of piperazine rings is 1. The van der Waals surface area contributed by atoms with Crippen molar-refractivity contribution in [3.63, 3.8) is 0 Å². The minimum Gasteiger partial charge on any atom is -0.366 e. The maximum Gasteiger partial charge on any atom is 0.354 e. The molecule has 1 heterocycles. The number of halogens is 1. The van der Waals surface area contributed by atoms with E-state index in [1.54, 1.807) is 24.3 Å². The first kappa shape index (κ1) is 24.8. The molecule has 2 amide bonds. The molecule has 1 aliphatic heterocycles. The number of amides is 2. The molecule has 0 radical (unpaired) electrons. The van der Waals surface area contributed by atoms with Crippen LogP contribution in [-0.2, 0) is 21.2 Å². The Bertz CT molecular complexity index is 1090. The number of para-hydroxylation sites is 2. The van der Waals surface area contributed by atoms with E-state index in [2.05, 4.69) is 0 Å². The van der Waals surface area contributed by atoms with Gasteiger partial charge in [0.15, 0.2) is 0 Å². The van der Waals surface area contributed by atoms with E-state index in [4.69, 9.17) is 23.1 Å². The summed E-state index contributed by atoms with van der Waals surface area (Å²) in [5, 5.41) is -0.767. The number of hydrogen-bond donors (Lipinski definition) is 2. The third-order valence-corrected chi connectivity index (χ3v) is 7.26. The first-order valence-electron chi connectivity index (χ1n) is 10.6. The van der Waals surface area contributed by atoms with Gasteiger partial charge in [0.1, 0.15) is 0 Å². The highest BCUT2D eigenvalue weighted by Gasteiger charge is 2.31. The van der Waals surface area contributed by atoms with Gasteiger partial charge in [0, 0.05) is 50.7 Å². The summed E-state index contributed by atoms with van der Waals surface area (Å²) in [6.45, 7) is 2.01. The second-order valence-electron chi connectivity index (χ2n) is 7.67. The predicted molar refractivity (Wildman–Crippen MR) is 130 cm³/mol. The average Bonchev–Trinajstić information content (AvgIpc) is 2.82. The highest BCUT2D eigenvalue weighted by Crippen LogP contribution is 2.32. The van der Waals surface area contributed by atoms with Crippen LogP contribution in [0.2, 0.25) is 5.02 Å². The molecule has 3 rings (SSSR count). The van der Waals surface area contributed by atoms with Gasteiger partial charge in [0.2, 0.25) is 5.91 Å². The van der Waals surface area contributed by atoms with E-state index in [0.29, 0.717) is 55.4 Å². The fraction of sp³-hybridized carbons (Fsp3) is 0.364. The van der Waals surface area contributed by atoms with E-state index in [-0.39, 0.29) is 19.0 Å². The lowest BCUT2D eigenvalue weighted by molar-refractivity contribution is -0.131. The Morgan fingerprint density at radius 2 is 1.64 bits per heavy atom. The number of benzene rings is 2. The Kier molecular flexibility index (Phi) is 8.17. The van der Waals surface area contributed by atoms with Gasteiger partial charge < -0.3 is 21.3 Å². The molecule has 4 N–H and O–H groups in total. The molecule has 0 saturated carbocycles. The predicted octanol–water partition coefficient (Wildman–Crippen LogP) is 1.79. The SMILES string of the molecule is NCCN(c1ccccc1N1CCN(C(=O)CCc2ccc(Cl)cc2)CC1)S(=O)(=O)C(N)=O. The third-order valence-electron chi connectivity index (χ3n) is 5.54. The zero-order valence-corrected chi connectivity index (χ0v) is 19.8. The van der Waals surface area contributed by atoms with Crippen molar-refractivity contribution in [1.82, 2.24) is 4.90 Å². The summed E-state index contributed by atoms with van der Waals surface area (Å²) in [5.74, 6) is 0.0685. The Morgan fingerprint density at radius 1 is 1.00 bits per heavy atom. The second kappa shape index (κ2) is 10.9. The molecule has 0 atom stereocenters. The van der Waals surface area contributed by atoms with Crippen molar-refractivity contribution in [2.75, 3.05) is 48.5 Å². The van der Waals surface area contributed by atoms with Crippen LogP contribution >= 0.6 is 11.6 Å². The molecule has 0 bridgehead atoms. The first-order valence-corrected chi connectivity index (χ1v) is 12.4. The van der Waals surface area contributed by atoms with E-state index < -0.39 is 15.3 Å². The fourth-order valence-electron chi connectivity index (χ4n) is 3.80. The standard InChI is InChI=1S/C22H28ClN5O4S/c23-18-8-5-17(6-9-18)7-10-21(29)27-15-13-26(14-16-27)19-3-1-2-4-20(19)28(12-11-24)33(31,32)22(25)30/h1-6,8-9H,7,10-16,24H2,(H2,25,30). The van der Waals surface area contributed by atoms with Crippen molar-refractivity contribution in [3.05, 3.63) is 59.1 Å². The topological polar surface area (TPSA) is 130 Å². The third kappa shape index (κ3) is 5.95. The van der Waals surface area contributed by atoms with Crippen molar-refractivity contribution in [2.45, 2.75) is 12.8 Å². The Hall–Kier alpha value is -2.82. The maximum absolute atomic E-state index is 12.7. The van der Waals surface area contributed by atoms with Gasteiger partial charge in [0.25, 0.3) is 0 Å². The largest absolute Gasteiger partial charge is 0.366 e. The van der Waals surface area contributed by atoms with Crippen molar-refractivity contribution in [1.29, 1.82) is 0 Å². The van der Waals surface area contributed by atoms with Crippen LogP contribution in [-0.4, -0.2) is 63.7 Å². The van der Waals surface area contributed by atoms with Crippen molar-refractivity contribution in [2.24, 2.45) is 11.5 Å². The van der Waals surface area contributed by atoms with Crippen LogP contribution in [0.15, 0.2) is 48.5 Å². The molecular weight excluding hydrogens is 466 g/mol. The summed E-state index contributed by atoms with van der Waals surface area (Å²) in [7, 11) is -4.38. The molecule has 11 heteroatoms.